The first-order valence-corrected chi connectivity index (χ1v) is 5.30. The van der Waals surface area contributed by atoms with Crippen LogP contribution in [0.2, 0.25) is 0 Å². The summed E-state index contributed by atoms with van der Waals surface area (Å²) in [6.45, 7) is 1.36. The smallest absolute Gasteiger partial charge is 0.289 e. The number of amides is 1. The summed E-state index contributed by atoms with van der Waals surface area (Å²) in [4.78, 5) is 24.6. The van der Waals surface area contributed by atoms with Gasteiger partial charge >= 0.3 is 0 Å². The number of aliphatic hydroxyl groups is 1. The average molecular weight is 231 g/mol. The van der Waals surface area contributed by atoms with Crippen molar-refractivity contribution in [2.24, 2.45) is 0 Å². The molecule has 4 heteroatoms. The summed E-state index contributed by atoms with van der Waals surface area (Å²) < 4.78 is 0. The van der Waals surface area contributed by atoms with Crippen LogP contribution >= 0.6 is 0 Å². The molecule has 0 saturated carbocycles. The third-order valence-electron chi connectivity index (χ3n) is 2.93. The zero-order valence-corrected chi connectivity index (χ0v) is 9.68. The Morgan fingerprint density at radius 3 is 2.41 bits per heavy atom. The number of likely N-dealkylation sites (N-methyl/N-ethyl adjacent to an activating group) is 1. The lowest BCUT2D eigenvalue weighted by Gasteiger charge is -2.21. The number of nitrogens with zero attached hydrogens (tertiary/aromatic N) is 1. The maximum Gasteiger partial charge on any atom is 0.289 e. The van der Waals surface area contributed by atoms with Crippen LogP contribution in [0, 0.1) is 0 Å². The van der Waals surface area contributed by atoms with Crippen molar-refractivity contribution in [2.75, 3.05) is 7.05 Å². The molecule has 0 fully saturated rings. The number of carbonyl (C=O) groups excluding carboxylic acids is 2. The van der Waals surface area contributed by atoms with Crippen molar-refractivity contribution in [3.05, 3.63) is 47.2 Å². The Morgan fingerprint density at radius 2 is 1.88 bits per heavy atom. The molecule has 0 aliphatic carbocycles. The van der Waals surface area contributed by atoms with Gasteiger partial charge in [0.15, 0.2) is 11.5 Å². The standard InChI is InChI=1S/C13H13NO3/c1-8(15)10-11(9-6-4-3-5-7-9)14(2)13(17)12(10)16/h3-7,11,16H,1-2H3/t11-/m0/s1. The van der Waals surface area contributed by atoms with Crippen LogP contribution in [0.5, 0.6) is 0 Å². The van der Waals surface area contributed by atoms with Gasteiger partial charge < -0.3 is 10.0 Å². The van der Waals surface area contributed by atoms with E-state index in [0.717, 1.165) is 5.56 Å². The summed E-state index contributed by atoms with van der Waals surface area (Å²) in [5.74, 6) is -1.23. The molecule has 88 valence electrons. The fraction of sp³-hybridized carbons (Fsp3) is 0.231. The van der Waals surface area contributed by atoms with Crippen LogP contribution in [0.15, 0.2) is 41.7 Å². The Balaban J connectivity index is 2.53. The first-order chi connectivity index (χ1) is 8.04. The minimum Gasteiger partial charge on any atom is -0.503 e. The van der Waals surface area contributed by atoms with E-state index in [9.17, 15) is 14.7 Å². The van der Waals surface area contributed by atoms with Gasteiger partial charge in [-0.3, -0.25) is 9.59 Å². The second-order valence-electron chi connectivity index (χ2n) is 4.05. The molecule has 0 spiro atoms. The van der Waals surface area contributed by atoms with Crippen molar-refractivity contribution in [1.29, 1.82) is 0 Å². The van der Waals surface area contributed by atoms with Gasteiger partial charge in [0.25, 0.3) is 5.91 Å². The van der Waals surface area contributed by atoms with Crippen molar-refractivity contribution < 1.29 is 14.7 Å². The lowest BCUT2D eigenvalue weighted by molar-refractivity contribution is -0.128. The monoisotopic (exact) mass is 231 g/mol. The van der Waals surface area contributed by atoms with Crippen LogP contribution in [0.3, 0.4) is 0 Å². The second kappa shape index (κ2) is 4.05. The predicted molar refractivity (Wildman–Crippen MR) is 62.3 cm³/mol. The Hall–Kier alpha value is -2.10. The minimum atomic E-state index is -0.510. The summed E-state index contributed by atoms with van der Waals surface area (Å²) in [5, 5.41) is 9.70. The van der Waals surface area contributed by atoms with Crippen molar-refractivity contribution in [2.45, 2.75) is 13.0 Å². The zero-order chi connectivity index (χ0) is 12.6. The highest BCUT2D eigenvalue weighted by molar-refractivity contribution is 6.07. The third kappa shape index (κ3) is 1.71. The van der Waals surface area contributed by atoms with Gasteiger partial charge in [0.2, 0.25) is 0 Å². The quantitative estimate of drug-likeness (QED) is 0.841. The molecule has 0 radical (unpaired) electrons. The number of Topliss-reactive ketones (excluding diaryl/α,β-unsaturated/α-hetero) is 1. The Bertz CT molecular complexity index is 505. The van der Waals surface area contributed by atoms with Gasteiger partial charge in [-0.2, -0.15) is 0 Å². The molecular weight excluding hydrogens is 218 g/mol. The molecule has 1 aromatic carbocycles. The number of hydrogen-bond acceptors (Lipinski definition) is 3. The molecule has 1 aliphatic heterocycles. The van der Waals surface area contributed by atoms with Crippen LogP contribution in [0.4, 0.5) is 0 Å². The molecule has 2 rings (SSSR count). The number of carbonyl (C=O) groups is 2. The summed E-state index contributed by atoms with van der Waals surface area (Å²) >= 11 is 0. The van der Waals surface area contributed by atoms with Gasteiger partial charge in [0.1, 0.15) is 0 Å². The molecule has 1 aromatic rings. The van der Waals surface area contributed by atoms with E-state index >= 15 is 0 Å². The van der Waals surface area contributed by atoms with Crippen LogP contribution in [0.1, 0.15) is 18.5 Å². The summed E-state index contributed by atoms with van der Waals surface area (Å²) in [6, 6.07) is 8.70. The van der Waals surface area contributed by atoms with Crippen LogP contribution in [0.25, 0.3) is 0 Å². The second-order valence-corrected chi connectivity index (χ2v) is 4.05. The Morgan fingerprint density at radius 1 is 1.29 bits per heavy atom. The first-order valence-electron chi connectivity index (χ1n) is 5.30. The van der Waals surface area contributed by atoms with E-state index in [1.165, 1.54) is 11.8 Å². The SMILES string of the molecule is CC(=O)C1=C(O)C(=O)N(C)[C@H]1c1ccccc1. The number of rotatable bonds is 2. The van der Waals surface area contributed by atoms with Crippen LogP contribution in [-0.2, 0) is 9.59 Å². The van der Waals surface area contributed by atoms with Crippen molar-refractivity contribution >= 4 is 11.7 Å². The topological polar surface area (TPSA) is 57.6 Å². The summed E-state index contributed by atoms with van der Waals surface area (Å²) in [7, 11) is 1.58. The van der Waals surface area contributed by atoms with Gasteiger partial charge in [-0.15, -0.1) is 0 Å². The number of hydrogen-bond donors (Lipinski definition) is 1. The molecule has 17 heavy (non-hydrogen) atoms. The molecule has 4 nitrogen and oxygen atoms in total. The number of benzene rings is 1. The van der Waals surface area contributed by atoms with Gasteiger partial charge in [0, 0.05) is 7.05 Å². The van der Waals surface area contributed by atoms with Gasteiger partial charge in [-0.05, 0) is 12.5 Å². The molecule has 1 N–H and O–H groups in total. The summed E-state index contributed by atoms with van der Waals surface area (Å²) in [6.07, 6.45) is 0. The Labute approximate surface area is 99.2 Å². The Kier molecular flexibility index (Phi) is 2.71. The minimum absolute atomic E-state index is 0.170. The van der Waals surface area contributed by atoms with E-state index in [-0.39, 0.29) is 11.4 Å². The van der Waals surface area contributed by atoms with E-state index in [2.05, 4.69) is 0 Å². The molecular formula is C13H13NO3. The van der Waals surface area contributed by atoms with Crippen molar-refractivity contribution in [3.63, 3.8) is 0 Å². The molecule has 1 aliphatic rings. The predicted octanol–water partition coefficient (Wildman–Crippen LogP) is 1.60. The largest absolute Gasteiger partial charge is 0.503 e. The average Bonchev–Trinajstić information content (AvgIpc) is 2.55. The highest BCUT2D eigenvalue weighted by Gasteiger charge is 2.39. The lowest BCUT2D eigenvalue weighted by atomic mass is 9.97. The number of ketones is 1. The third-order valence-corrected chi connectivity index (χ3v) is 2.93. The van der Waals surface area contributed by atoms with Gasteiger partial charge in [-0.25, -0.2) is 0 Å². The molecule has 0 bridgehead atoms. The zero-order valence-electron chi connectivity index (χ0n) is 9.68. The fourth-order valence-corrected chi connectivity index (χ4v) is 2.11. The number of aliphatic hydroxyl groups excluding tert-OH is 1. The molecule has 1 amide bonds. The van der Waals surface area contributed by atoms with E-state index in [1.54, 1.807) is 7.05 Å². The highest BCUT2D eigenvalue weighted by atomic mass is 16.3. The van der Waals surface area contributed by atoms with Crippen molar-refractivity contribution in [1.82, 2.24) is 4.90 Å². The van der Waals surface area contributed by atoms with E-state index < -0.39 is 17.7 Å². The fourth-order valence-electron chi connectivity index (χ4n) is 2.11. The molecule has 1 atom stereocenters. The van der Waals surface area contributed by atoms with E-state index in [0.29, 0.717) is 0 Å². The normalized spacial score (nSPS) is 20.0. The van der Waals surface area contributed by atoms with E-state index in [1.807, 2.05) is 30.3 Å². The van der Waals surface area contributed by atoms with Gasteiger partial charge in [0.05, 0.1) is 11.6 Å². The summed E-state index contributed by atoms with van der Waals surface area (Å²) in [5.41, 5.74) is 0.987. The van der Waals surface area contributed by atoms with Crippen LogP contribution in [-0.4, -0.2) is 28.7 Å². The molecule has 1 heterocycles. The molecule has 0 aromatic heterocycles. The maximum atomic E-state index is 11.7. The van der Waals surface area contributed by atoms with Crippen LogP contribution < -0.4 is 0 Å². The van der Waals surface area contributed by atoms with E-state index in [4.69, 9.17) is 0 Å². The lowest BCUT2D eigenvalue weighted by Crippen LogP contribution is -2.26. The maximum absolute atomic E-state index is 11.7. The highest BCUT2D eigenvalue weighted by Crippen LogP contribution is 2.35. The van der Waals surface area contributed by atoms with Crippen molar-refractivity contribution in [3.8, 4) is 0 Å². The first kappa shape index (κ1) is 11.4. The molecule has 0 saturated heterocycles. The molecule has 0 unspecified atom stereocenters. The van der Waals surface area contributed by atoms with Gasteiger partial charge in [-0.1, -0.05) is 30.3 Å².